The predicted octanol–water partition coefficient (Wildman–Crippen LogP) is 3.34. The van der Waals surface area contributed by atoms with Gasteiger partial charge in [0.15, 0.2) is 5.41 Å². The van der Waals surface area contributed by atoms with Crippen molar-refractivity contribution in [3.05, 3.63) is 83.9 Å². The molecule has 0 bridgehead atoms. The molecule has 5 nitrogen and oxygen atoms in total. The van der Waals surface area contributed by atoms with Crippen LogP contribution in [0.4, 0.5) is 0 Å². The van der Waals surface area contributed by atoms with Gasteiger partial charge < -0.3 is 10.0 Å². The number of carbonyl (C=O) groups excluding carboxylic acids is 1. The molecule has 1 N–H and O–H groups in total. The summed E-state index contributed by atoms with van der Waals surface area (Å²) < 4.78 is 0. The van der Waals surface area contributed by atoms with E-state index in [4.69, 9.17) is 0 Å². The summed E-state index contributed by atoms with van der Waals surface area (Å²) in [6, 6.07) is 20.9. The Hall–Kier alpha value is -2.92. The van der Waals surface area contributed by atoms with Gasteiger partial charge in [-0.05, 0) is 24.0 Å². The van der Waals surface area contributed by atoms with Crippen LogP contribution in [0.5, 0.6) is 0 Å². The highest BCUT2D eigenvalue weighted by molar-refractivity contribution is 6.02. The first-order valence-electron chi connectivity index (χ1n) is 10.1. The van der Waals surface area contributed by atoms with Crippen molar-refractivity contribution in [2.45, 2.75) is 18.9 Å². The van der Waals surface area contributed by atoms with Crippen molar-refractivity contribution in [1.82, 2.24) is 9.80 Å². The van der Waals surface area contributed by atoms with Crippen molar-refractivity contribution in [3.63, 3.8) is 0 Å². The highest BCUT2D eigenvalue weighted by atomic mass is 16.4. The quantitative estimate of drug-likeness (QED) is 0.628. The van der Waals surface area contributed by atoms with E-state index in [2.05, 4.69) is 53.4 Å². The number of carboxylic acid groups (broad SMARTS) is 1. The number of amides is 1. The number of allylic oxidation sites excluding steroid dienone is 2. The second kappa shape index (κ2) is 8.21. The Labute approximate surface area is 171 Å². The first kappa shape index (κ1) is 19.4. The minimum Gasteiger partial charge on any atom is -0.480 e. The fourth-order valence-electron chi connectivity index (χ4n) is 4.46. The lowest BCUT2D eigenvalue weighted by atomic mass is 9.83. The van der Waals surface area contributed by atoms with Gasteiger partial charge in [0.05, 0.1) is 6.04 Å². The van der Waals surface area contributed by atoms with Gasteiger partial charge in [0.25, 0.3) is 0 Å². The topological polar surface area (TPSA) is 60.9 Å². The molecule has 1 fully saturated rings. The van der Waals surface area contributed by atoms with Gasteiger partial charge in [-0.2, -0.15) is 0 Å². The lowest BCUT2D eigenvalue weighted by Gasteiger charge is -2.41. The average molecular weight is 390 g/mol. The fraction of sp³-hybridized carbons (Fsp3) is 0.333. The van der Waals surface area contributed by atoms with Crippen LogP contribution in [0, 0.1) is 5.41 Å². The van der Waals surface area contributed by atoms with Gasteiger partial charge in [0.2, 0.25) is 5.91 Å². The fourth-order valence-corrected chi connectivity index (χ4v) is 4.46. The second-order valence-electron chi connectivity index (χ2n) is 7.82. The van der Waals surface area contributed by atoms with E-state index in [9.17, 15) is 14.7 Å². The Kier molecular flexibility index (Phi) is 5.49. The molecule has 2 aliphatic rings. The summed E-state index contributed by atoms with van der Waals surface area (Å²) in [4.78, 5) is 29.0. The number of benzene rings is 2. The van der Waals surface area contributed by atoms with E-state index in [1.165, 1.54) is 11.1 Å². The van der Waals surface area contributed by atoms with Crippen LogP contribution in [0.25, 0.3) is 0 Å². The zero-order valence-corrected chi connectivity index (χ0v) is 16.4. The molecule has 1 aliphatic carbocycles. The van der Waals surface area contributed by atoms with Crippen molar-refractivity contribution < 1.29 is 14.7 Å². The van der Waals surface area contributed by atoms with Gasteiger partial charge in [0.1, 0.15) is 0 Å². The van der Waals surface area contributed by atoms with E-state index in [0.717, 1.165) is 0 Å². The highest BCUT2D eigenvalue weighted by Gasteiger charge is 2.49. The van der Waals surface area contributed by atoms with E-state index in [-0.39, 0.29) is 24.8 Å². The maximum absolute atomic E-state index is 13.1. The zero-order valence-electron chi connectivity index (χ0n) is 16.4. The number of hydrogen-bond acceptors (Lipinski definition) is 3. The van der Waals surface area contributed by atoms with E-state index < -0.39 is 11.4 Å². The zero-order chi connectivity index (χ0) is 20.3. The van der Waals surface area contributed by atoms with Gasteiger partial charge in [-0.15, -0.1) is 0 Å². The number of carbonyl (C=O) groups is 2. The molecule has 150 valence electrons. The molecule has 1 aliphatic heterocycles. The van der Waals surface area contributed by atoms with Crippen molar-refractivity contribution in [2.24, 2.45) is 5.41 Å². The maximum Gasteiger partial charge on any atom is 0.319 e. The molecule has 0 atom stereocenters. The molecule has 1 amide bonds. The molecule has 0 radical (unpaired) electrons. The SMILES string of the molecule is O=C(O)C1(C(=O)N2CCN(C(c3ccccc3)c3ccccc3)CC2)CC=CC1. The molecule has 4 rings (SSSR count). The van der Waals surface area contributed by atoms with Crippen LogP contribution in [0.15, 0.2) is 72.8 Å². The average Bonchev–Trinajstić information content (AvgIpc) is 3.27. The van der Waals surface area contributed by atoms with Crippen LogP contribution < -0.4 is 0 Å². The summed E-state index contributed by atoms with van der Waals surface area (Å²) >= 11 is 0. The van der Waals surface area contributed by atoms with Gasteiger partial charge in [-0.3, -0.25) is 14.5 Å². The van der Waals surface area contributed by atoms with Crippen molar-refractivity contribution >= 4 is 11.9 Å². The molecule has 2 aromatic rings. The van der Waals surface area contributed by atoms with Crippen LogP contribution in [0.1, 0.15) is 30.0 Å². The van der Waals surface area contributed by atoms with E-state index in [1.807, 2.05) is 24.3 Å². The van der Waals surface area contributed by atoms with E-state index in [0.29, 0.717) is 26.2 Å². The van der Waals surface area contributed by atoms with Gasteiger partial charge in [-0.1, -0.05) is 72.8 Å². The predicted molar refractivity (Wildman–Crippen MR) is 111 cm³/mol. The summed E-state index contributed by atoms with van der Waals surface area (Å²) in [5, 5.41) is 9.70. The molecule has 0 saturated carbocycles. The molecule has 1 heterocycles. The molecule has 0 unspecified atom stereocenters. The smallest absolute Gasteiger partial charge is 0.319 e. The van der Waals surface area contributed by atoms with Gasteiger partial charge in [-0.25, -0.2) is 0 Å². The first-order chi connectivity index (χ1) is 14.1. The Morgan fingerprint density at radius 3 is 1.72 bits per heavy atom. The van der Waals surface area contributed by atoms with Crippen molar-refractivity contribution in [1.29, 1.82) is 0 Å². The molecule has 2 aromatic carbocycles. The molecule has 0 spiro atoms. The number of aliphatic carboxylic acids is 1. The molecule has 0 aromatic heterocycles. The van der Waals surface area contributed by atoms with Crippen LogP contribution in [0.2, 0.25) is 0 Å². The molecule has 5 heteroatoms. The monoisotopic (exact) mass is 390 g/mol. The number of piperazine rings is 1. The molecule has 29 heavy (non-hydrogen) atoms. The Morgan fingerprint density at radius 1 is 0.793 bits per heavy atom. The molecule has 1 saturated heterocycles. The first-order valence-corrected chi connectivity index (χ1v) is 10.1. The van der Waals surface area contributed by atoms with Crippen LogP contribution >= 0.6 is 0 Å². The third kappa shape index (κ3) is 3.70. The molecular weight excluding hydrogens is 364 g/mol. The van der Waals surface area contributed by atoms with Crippen molar-refractivity contribution in [3.8, 4) is 0 Å². The van der Waals surface area contributed by atoms with Crippen LogP contribution in [-0.2, 0) is 9.59 Å². The number of hydrogen-bond donors (Lipinski definition) is 1. The van der Waals surface area contributed by atoms with E-state index >= 15 is 0 Å². The minimum absolute atomic E-state index is 0.122. The van der Waals surface area contributed by atoms with Gasteiger partial charge >= 0.3 is 5.97 Å². The standard InChI is InChI=1S/C24H26N2O3/c27-22(24(23(28)29)13-7-8-14-24)26-17-15-25(16-18-26)21(19-9-3-1-4-10-19)20-11-5-2-6-12-20/h1-12,21H,13-18H2,(H,28,29). The summed E-state index contributed by atoms with van der Waals surface area (Å²) in [7, 11) is 0. The van der Waals surface area contributed by atoms with Crippen LogP contribution in [-0.4, -0.2) is 53.0 Å². The highest BCUT2D eigenvalue weighted by Crippen LogP contribution is 2.37. The third-order valence-electron chi connectivity index (χ3n) is 6.12. The second-order valence-corrected chi connectivity index (χ2v) is 7.82. The molecular formula is C24H26N2O3. The lowest BCUT2D eigenvalue weighted by Crippen LogP contribution is -2.55. The summed E-state index contributed by atoms with van der Waals surface area (Å²) in [5.74, 6) is -1.26. The normalized spacial score (nSPS) is 18.9. The Morgan fingerprint density at radius 2 is 1.28 bits per heavy atom. The summed E-state index contributed by atoms with van der Waals surface area (Å²) in [6.45, 7) is 2.51. The lowest BCUT2D eigenvalue weighted by molar-refractivity contribution is -0.161. The number of nitrogens with zero attached hydrogens (tertiary/aromatic N) is 2. The number of rotatable bonds is 5. The number of carboxylic acids is 1. The summed E-state index contributed by atoms with van der Waals surface area (Å²) in [5.41, 5.74) is 1.14. The van der Waals surface area contributed by atoms with Gasteiger partial charge in [0, 0.05) is 26.2 Å². The minimum atomic E-state index is -1.31. The summed E-state index contributed by atoms with van der Waals surface area (Å²) in [6.07, 6.45) is 4.20. The Balaban J connectivity index is 1.51. The maximum atomic E-state index is 13.1. The third-order valence-corrected chi connectivity index (χ3v) is 6.12. The Bertz CT molecular complexity index is 839. The van der Waals surface area contributed by atoms with E-state index in [1.54, 1.807) is 4.90 Å². The van der Waals surface area contributed by atoms with Crippen LogP contribution in [0.3, 0.4) is 0 Å². The largest absolute Gasteiger partial charge is 0.480 e. The van der Waals surface area contributed by atoms with Crippen molar-refractivity contribution in [2.75, 3.05) is 26.2 Å².